The van der Waals surface area contributed by atoms with Gasteiger partial charge in [-0.25, -0.2) is 9.37 Å². The molecule has 0 saturated heterocycles. The van der Waals surface area contributed by atoms with Gasteiger partial charge < -0.3 is 10.3 Å². The van der Waals surface area contributed by atoms with E-state index in [1.807, 2.05) is 18.2 Å². The van der Waals surface area contributed by atoms with E-state index in [2.05, 4.69) is 49.3 Å². The zero-order valence-electron chi connectivity index (χ0n) is 19.0. The minimum Gasteiger partial charge on any atom is -0.382 e. The van der Waals surface area contributed by atoms with Gasteiger partial charge >= 0.3 is 0 Å². The minimum absolute atomic E-state index is 0.295. The van der Waals surface area contributed by atoms with Crippen molar-refractivity contribution >= 4 is 27.6 Å². The predicted octanol–water partition coefficient (Wildman–Crippen LogP) is 5.58. The summed E-state index contributed by atoms with van der Waals surface area (Å²) in [6.45, 7) is 4.16. The first-order valence-electron chi connectivity index (χ1n) is 11.2. The number of rotatable bonds is 5. The van der Waals surface area contributed by atoms with Crippen LogP contribution in [0.5, 0.6) is 0 Å². The Kier molecular flexibility index (Phi) is 4.95. The smallest absolute Gasteiger partial charge is 0.159 e. The summed E-state index contributed by atoms with van der Waals surface area (Å²) >= 11 is 0. The number of nitrogens with zero attached hydrogens (tertiary/aromatic N) is 5. The maximum absolute atomic E-state index is 13.4. The van der Waals surface area contributed by atoms with E-state index in [1.54, 1.807) is 36.9 Å². The van der Waals surface area contributed by atoms with E-state index in [1.165, 1.54) is 12.1 Å². The van der Waals surface area contributed by atoms with Crippen LogP contribution >= 0.6 is 0 Å². The highest BCUT2D eigenvalue weighted by Gasteiger charge is 2.17. The van der Waals surface area contributed by atoms with Gasteiger partial charge in [0, 0.05) is 41.1 Å². The number of aromatic nitrogens is 7. The van der Waals surface area contributed by atoms with Crippen LogP contribution in [0.3, 0.4) is 0 Å². The van der Waals surface area contributed by atoms with E-state index in [0.717, 1.165) is 38.9 Å². The fourth-order valence-corrected chi connectivity index (χ4v) is 4.11. The van der Waals surface area contributed by atoms with E-state index in [4.69, 9.17) is 4.98 Å². The summed E-state index contributed by atoms with van der Waals surface area (Å²) in [6, 6.07) is 12.4. The lowest BCUT2D eigenvalue weighted by atomic mass is 10.1. The van der Waals surface area contributed by atoms with E-state index in [0.29, 0.717) is 28.8 Å². The Hall–Kier alpha value is -4.66. The van der Waals surface area contributed by atoms with Gasteiger partial charge in [0.05, 0.1) is 34.3 Å². The Morgan fingerprint density at radius 3 is 2.57 bits per heavy atom. The third-order valence-corrected chi connectivity index (χ3v) is 5.68. The molecule has 0 fully saturated rings. The minimum atomic E-state index is -0.295. The van der Waals surface area contributed by atoms with Crippen molar-refractivity contribution in [3.05, 3.63) is 73.1 Å². The standard InChI is InChI=1S/C26H21FN8/c1-14(2)31-18-9-16(11-28-12-18)21-10-19-22(13-30-21)34-35-24(19)26-32-20-7-8-29-23(25(20)33-26)15-3-5-17(27)6-4-15/h3-14,31H,1-2H3,(H,32,33)(H,34,35). The van der Waals surface area contributed by atoms with Gasteiger partial charge in [0.1, 0.15) is 17.0 Å². The van der Waals surface area contributed by atoms with Crippen molar-refractivity contribution < 1.29 is 4.39 Å². The molecule has 0 spiro atoms. The first-order chi connectivity index (χ1) is 17.0. The van der Waals surface area contributed by atoms with Crippen LogP contribution in [0.4, 0.5) is 10.1 Å². The maximum atomic E-state index is 13.4. The van der Waals surface area contributed by atoms with Crippen molar-refractivity contribution in [3.8, 4) is 34.0 Å². The molecule has 6 aromatic rings. The van der Waals surface area contributed by atoms with Crippen LogP contribution in [0.15, 0.2) is 67.3 Å². The van der Waals surface area contributed by atoms with Crippen molar-refractivity contribution in [2.45, 2.75) is 19.9 Å². The van der Waals surface area contributed by atoms with Gasteiger partial charge in [-0.15, -0.1) is 0 Å². The zero-order chi connectivity index (χ0) is 23.9. The summed E-state index contributed by atoms with van der Waals surface area (Å²) in [4.78, 5) is 21.6. The average molecular weight is 465 g/mol. The molecule has 0 aliphatic heterocycles. The van der Waals surface area contributed by atoms with Crippen molar-refractivity contribution in [1.29, 1.82) is 0 Å². The quantitative estimate of drug-likeness (QED) is 0.307. The van der Waals surface area contributed by atoms with Crippen LogP contribution in [0.2, 0.25) is 0 Å². The number of pyridine rings is 3. The Labute approximate surface area is 199 Å². The molecule has 172 valence electrons. The Bertz CT molecular complexity index is 1670. The van der Waals surface area contributed by atoms with E-state index < -0.39 is 0 Å². The molecule has 0 amide bonds. The molecule has 0 unspecified atom stereocenters. The second-order valence-corrected chi connectivity index (χ2v) is 8.60. The molecule has 8 nitrogen and oxygen atoms in total. The molecular weight excluding hydrogens is 443 g/mol. The number of hydrogen-bond acceptors (Lipinski definition) is 6. The van der Waals surface area contributed by atoms with E-state index in [9.17, 15) is 4.39 Å². The summed E-state index contributed by atoms with van der Waals surface area (Å²) in [7, 11) is 0. The highest BCUT2D eigenvalue weighted by atomic mass is 19.1. The van der Waals surface area contributed by atoms with Gasteiger partial charge in [0.15, 0.2) is 5.82 Å². The Morgan fingerprint density at radius 2 is 1.74 bits per heavy atom. The zero-order valence-corrected chi connectivity index (χ0v) is 19.0. The van der Waals surface area contributed by atoms with Crippen LogP contribution in [-0.4, -0.2) is 41.2 Å². The largest absolute Gasteiger partial charge is 0.382 e. The van der Waals surface area contributed by atoms with Gasteiger partial charge in [-0.2, -0.15) is 5.10 Å². The van der Waals surface area contributed by atoms with Crippen LogP contribution in [0, 0.1) is 5.82 Å². The fraction of sp³-hybridized carbons (Fsp3) is 0.115. The molecule has 6 rings (SSSR count). The fourth-order valence-electron chi connectivity index (χ4n) is 4.11. The number of nitrogens with one attached hydrogen (secondary N) is 3. The summed E-state index contributed by atoms with van der Waals surface area (Å²) < 4.78 is 13.4. The Balaban J connectivity index is 1.44. The summed E-state index contributed by atoms with van der Waals surface area (Å²) in [5.41, 5.74) is 7.06. The molecule has 1 aromatic carbocycles. The van der Waals surface area contributed by atoms with E-state index >= 15 is 0 Å². The van der Waals surface area contributed by atoms with Gasteiger partial charge in [-0.3, -0.25) is 20.1 Å². The van der Waals surface area contributed by atoms with Crippen molar-refractivity contribution in [1.82, 2.24) is 35.1 Å². The average Bonchev–Trinajstić information content (AvgIpc) is 3.48. The number of aromatic amines is 2. The topological polar surface area (TPSA) is 108 Å². The lowest BCUT2D eigenvalue weighted by Gasteiger charge is -2.10. The molecule has 35 heavy (non-hydrogen) atoms. The summed E-state index contributed by atoms with van der Waals surface area (Å²) in [5.74, 6) is 0.310. The highest BCUT2D eigenvalue weighted by Crippen LogP contribution is 2.32. The summed E-state index contributed by atoms with van der Waals surface area (Å²) in [5, 5.41) is 11.8. The number of imidazole rings is 1. The molecule has 0 atom stereocenters. The Morgan fingerprint density at radius 1 is 0.886 bits per heavy atom. The number of halogens is 1. The van der Waals surface area contributed by atoms with Crippen molar-refractivity contribution in [2.75, 3.05) is 5.32 Å². The van der Waals surface area contributed by atoms with Gasteiger partial charge in [0.25, 0.3) is 0 Å². The van der Waals surface area contributed by atoms with Crippen molar-refractivity contribution in [3.63, 3.8) is 0 Å². The van der Waals surface area contributed by atoms with Crippen LogP contribution < -0.4 is 5.32 Å². The molecule has 0 bridgehead atoms. The molecule has 0 aliphatic rings. The second kappa shape index (κ2) is 8.28. The second-order valence-electron chi connectivity index (χ2n) is 8.60. The lowest BCUT2D eigenvalue weighted by Crippen LogP contribution is -2.09. The number of H-pyrrole nitrogens is 2. The third kappa shape index (κ3) is 3.86. The van der Waals surface area contributed by atoms with Crippen LogP contribution in [0.25, 0.3) is 56.0 Å². The predicted molar refractivity (Wildman–Crippen MR) is 134 cm³/mol. The molecule has 0 saturated carbocycles. The van der Waals surface area contributed by atoms with Gasteiger partial charge in [-0.05, 0) is 56.3 Å². The number of benzene rings is 1. The molecule has 0 radical (unpaired) electrons. The lowest BCUT2D eigenvalue weighted by molar-refractivity contribution is 0.628. The SMILES string of the molecule is CC(C)Nc1cncc(-c2cc3c(-c4nc5c(-c6ccc(F)cc6)nccc5[nH]4)n[nH]c3cn2)c1. The molecule has 9 heteroatoms. The number of hydrogen-bond donors (Lipinski definition) is 3. The van der Waals surface area contributed by atoms with Gasteiger partial charge in [0.2, 0.25) is 0 Å². The number of anilines is 1. The maximum Gasteiger partial charge on any atom is 0.159 e. The molecule has 3 N–H and O–H groups in total. The summed E-state index contributed by atoms with van der Waals surface area (Å²) in [6.07, 6.45) is 7.06. The van der Waals surface area contributed by atoms with E-state index in [-0.39, 0.29) is 5.82 Å². The molecule has 5 aromatic heterocycles. The molecular formula is C26H21FN8. The third-order valence-electron chi connectivity index (χ3n) is 5.68. The highest BCUT2D eigenvalue weighted by molar-refractivity contribution is 5.96. The first kappa shape index (κ1) is 20.9. The first-order valence-corrected chi connectivity index (χ1v) is 11.2. The van der Waals surface area contributed by atoms with Gasteiger partial charge in [-0.1, -0.05) is 0 Å². The molecule has 5 heterocycles. The normalized spacial score (nSPS) is 11.5. The monoisotopic (exact) mass is 464 g/mol. The van der Waals surface area contributed by atoms with Crippen molar-refractivity contribution in [2.24, 2.45) is 0 Å². The van der Waals surface area contributed by atoms with Crippen LogP contribution in [0.1, 0.15) is 13.8 Å². The van der Waals surface area contributed by atoms with Crippen LogP contribution in [-0.2, 0) is 0 Å². The molecule has 0 aliphatic carbocycles. The number of fused-ring (bicyclic) bond motifs is 2.